The van der Waals surface area contributed by atoms with Crippen LogP contribution in [-0.2, 0) is 23.5 Å². The molecule has 2 heterocycles. The summed E-state index contributed by atoms with van der Waals surface area (Å²) in [4.78, 5) is 14.6. The Kier molecular flexibility index (Phi) is 5.26. The number of carbonyl (C=O) groups excluding carboxylic acids is 1. The van der Waals surface area contributed by atoms with E-state index >= 15 is 0 Å². The molecule has 0 fully saturated rings. The summed E-state index contributed by atoms with van der Waals surface area (Å²) in [7, 11) is 0. The van der Waals surface area contributed by atoms with Crippen LogP contribution >= 0.6 is 11.8 Å². The molecule has 0 unspecified atom stereocenters. The second-order valence-corrected chi connectivity index (χ2v) is 6.68. The van der Waals surface area contributed by atoms with Gasteiger partial charge < -0.3 is 4.90 Å². The van der Waals surface area contributed by atoms with Gasteiger partial charge in [-0.25, -0.2) is 0 Å². The number of hydrogen-bond acceptors (Lipinski definition) is 5. The minimum Gasteiger partial charge on any atom is -0.312 e. The van der Waals surface area contributed by atoms with Crippen molar-refractivity contribution in [1.29, 1.82) is 0 Å². The molecule has 0 bridgehead atoms. The zero-order chi connectivity index (χ0) is 17.9. The fourth-order valence-corrected chi connectivity index (χ4v) is 3.38. The zero-order valence-electron chi connectivity index (χ0n) is 13.2. The molecule has 1 aromatic heterocycles. The van der Waals surface area contributed by atoms with Crippen molar-refractivity contribution in [3.05, 3.63) is 35.7 Å². The average Bonchev–Trinajstić information content (AvgIpc) is 3.16. The number of carbonyl (C=O) groups is 1. The molecule has 0 aliphatic carbocycles. The molecule has 1 amide bonds. The second kappa shape index (κ2) is 7.42. The molecular weight excluding hydrogens is 355 g/mol. The highest BCUT2D eigenvalue weighted by atomic mass is 32.2. The summed E-state index contributed by atoms with van der Waals surface area (Å²) < 4.78 is 36.7. The molecule has 0 saturated heterocycles. The number of para-hydroxylation sites is 1. The van der Waals surface area contributed by atoms with Gasteiger partial charge in [-0.1, -0.05) is 18.2 Å². The van der Waals surface area contributed by atoms with E-state index in [4.69, 9.17) is 0 Å². The van der Waals surface area contributed by atoms with E-state index in [9.17, 15) is 18.0 Å². The van der Waals surface area contributed by atoms with Crippen LogP contribution in [0.25, 0.3) is 0 Å². The van der Waals surface area contributed by atoms with Gasteiger partial charge in [-0.05, 0) is 23.3 Å². The first-order valence-electron chi connectivity index (χ1n) is 7.72. The topological polar surface area (TPSA) is 63.9 Å². The van der Waals surface area contributed by atoms with Gasteiger partial charge in [-0.3, -0.25) is 4.79 Å². The SMILES string of the molecule is O=C(CCSCc1nnn(CC(F)(F)F)n1)N1CCc2ccccc21. The number of alkyl halides is 3. The van der Waals surface area contributed by atoms with Crippen LogP contribution in [0.4, 0.5) is 18.9 Å². The van der Waals surface area contributed by atoms with Crippen molar-refractivity contribution in [2.45, 2.75) is 31.3 Å². The van der Waals surface area contributed by atoms with E-state index in [1.165, 1.54) is 17.3 Å². The quantitative estimate of drug-likeness (QED) is 0.730. The van der Waals surface area contributed by atoms with Crippen LogP contribution in [0.2, 0.25) is 0 Å². The molecule has 25 heavy (non-hydrogen) atoms. The predicted octanol–water partition coefficient (Wildman–Crippen LogP) is 2.45. The molecule has 0 atom stereocenters. The van der Waals surface area contributed by atoms with Gasteiger partial charge in [-0.2, -0.15) is 29.7 Å². The Morgan fingerprint density at radius 2 is 2.08 bits per heavy atom. The molecule has 134 valence electrons. The minimum atomic E-state index is -4.37. The summed E-state index contributed by atoms with van der Waals surface area (Å²) in [5, 5.41) is 10.6. The number of aromatic nitrogens is 4. The summed E-state index contributed by atoms with van der Waals surface area (Å²) in [6.07, 6.45) is -3.15. The smallest absolute Gasteiger partial charge is 0.312 e. The van der Waals surface area contributed by atoms with Crippen LogP contribution < -0.4 is 4.90 Å². The number of fused-ring (bicyclic) bond motifs is 1. The molecule has 0 saturated carbocycles. The lowest BCUT2D eigenvalue weighted by Crippen LogP contribution is -2.29. The molecule has 1 aromatic carbocycles. The van der Waals surface area contributed by atoms with Crippen molar-refractivity contribution >= 4 is 23.4 Å². The molecule has 2 aromatic rings. The van der Waals surface area contributed by atoms with E-state index in [0.29, 0.717) is 29.3 Å². The Balaban J connectivity index is 1.43. The fraction of sp³-hybridized carbons (Fsp3) is 0.467. The lowest BCUT2D eigenvalue weighted by atomic mass is 10.2. The number of thioether (sulfide) groups is 1. The van der Waals surface area contributed by atoms with Crippen LogP contribution in [0.1, 0.15) is 17.8 Å². The first-order chi connectivity index (χ1) is 11.9. The van der Waals surface area contributed by atoms with Crippen LogP contribution in [0, 0.1) is 0 Å². The Morgan fingerprint density at radius 3 is 2.88 bits per heavy atom. The number of anilines is 1. The molecular formula is C15H16F3N5OS. The van der Waals surface area contributed by atoms with Crippen molar-refractivity contribution in [2.75, 3.05) is 17.2 Å². The molecule has 0 N–H and O–H groups in total. The van der Waals surface area contributed by atoms with Gasteiger partial charge in [0.25, 0.3) is 0 Å². The standard InChI is InChI=1S/C15H16F3N5OS/c16-15(17,18)10-23-20-13(19-21-23)9-25-8-6-14(24)22-7-5-11-3-1-2-4-12(11)22/h1-4H,5-10H2. The van der Waals surface area contributed by atoms with Crippen LogP contribution in [0.15, 0.2) is 24.3 Å². The third-order valence-corrected chi connectivity index (χ3v) is 4.65. The largest absolute Gasteiger partial charge is 0.409 e. The summed E-state index contributed by atoms with van der Waals surface area (Å²) in [5.41, 5.74) is 2.14. The van der Waals surface area contributed by atoms with Crippen LogP contribution in [-0.4, -0.2) is 44.6 Å². The Bertz CT molecular complexity index is 749. The monoisotopic (exact) mass is 371 g/mol. The molecule has 0 spiro atoms. The van der Waals surface area contributed by atoms with Gasteiger partial charge in [0, 0.05) is 24.4 Å². The van der Waals surface area contributed by atoms with Gasteiger partial charge in [0.2, 0.25) is 5.91 Å². The van der Waals surface area contributed by atoms with Crippen molar-refractivity contribution in [1.82, 2.24) is 20.2 Å². The van der Waals surface area contributed by atoms with E-state index in [1.54, 1.807) is 4.90 Å². The zero-order valence-corrected chi connectivity index (χ0v) is 14.1. The van der Waals surface area contributed by atoms with Gasteiger partial charge >= 0.3 is 6.18 Å². The van der Waals surface area contributed by atoms with E-state index < -0.39 is 12.7 Å². The molecule has 0 radical (unpaired) electrons. The first-order valence-corrected chi connectivity index (χ1v) is 8.87. The number of amides is 1. The van der Waals surface area contributed by atoms with Crippen molar-refractivity contribution < 1.29 is 18.0 Å². The molecule has 6 nitrogen and oxygen atoms in total. The number of hydrogen-bond donors (Lipinski definition) is 0. The highest BCUT2D eigenvalue weighted by Gasteiger charge is 2.29. The van der Waals surface area contributed by atoms with Crippen molar-refractivity contribution in [2.24, 2.45) is 0 Å². The highest BCUT2D eigenvalue weighted by molar-refractivity contribution is 7.98. The summed E-state index contributed by atoms with van der Waals surface area (Å²) in [6, 6.07) is 7.83. The van der Waals surface area contributed by atoms with Gasteiger partial charge in [0.05, 0.1) is 5.75 Å². The lowest BCUT2D eigenvalue weighted by molar-refractivity contribution is -0.145. The lowest BCUT2D eigenvalue weighted by Gasteiger charge is -2.16. The number of nitrogens with zero attached hydrogens (tertiary/aromatic N) is 5. The van der Waals surface area contributed by atoms with Gasteiger partial charge in [-0.15, -0.1) is 10.2 Å². The van der Waals surface area contributed by atoms with Crippen LogP contribution in [0.5, 0.6) is 0 Å². The maximum Gasteiger partial charge on any atom is 0.409 e. The summed E-state index contributed by atoms with van der Waals surface area (Å²) in [5.74, 6) is 1.15. The van der Waals surface area contributed by atoms with E-state index in [0.717, 1.165) is 12.1 Å². The summed E-state index contributed by atoms with van der Waals surface area (Å²) >= 11 is 1.40. The number of benzene rings is 1. The van der Waals surface area contributed by atoms with E-state index in [2.05, 4.69) is 15.4 Å². The third-order valence-electron chi connectivity index (χ3n) is 3.69. The Morgan fingerprint density at radius 1 is 1.28 bits per heavy atom. The average molecular weight is 371 g/mol. The molecule has 1 aliphatic rings. The maximum absolute atomic E-state index is 12.3. The fourth-order valence-electron chi connectivity index (χ4n) is 2.62. The molecule has 3 rings (SSSR count). The predicted molar refractivity (Wildman–Crippen MR) is 87.2 cm³/mol. The van der Waals surface area contributed by atoms with Crippen molar-refractivity contribution in [3.63, 3.8) is 0 Å². The number of tetrazole rings is 1. The molecule has 10 heteroatoms. The second-order valence-electron chi connectivity index (χ2n) is 5.58. The molecule has 1 aliphatic heterocycles. The Hall–Kier alpha value is -2.10. The van der Waals surface area contributed by atoms with Crippen molar-refractivity contribution in [3.8, 4) is 0 Å². The van der Waals surface area contributed by atoms with E-state index in [-0.39, 0.29) is 11.7 Å². The number of halogens is 3. The highest BCUT2D eigenvalue weighted by Crippen LogP contribution is 2.28. The van der Waals surface area contributed by atoms with Gasteiger partial charge in [0.1, 0.15) is 0 Å². The normalized spacial score (nSPS) is 14.0. The third kappa shape index (κ3) is 4.71. The van der Waals surface area contributed by atoms with Crippen LogP contribution in [0.3, 0.4) is 0 Å². The maximum atomic E-state index is 12.3. The van der Waals surface area contributed by atoms with Gasteiger partial charge in [0.15, 0.2) is 12.4 Å². The number of rotatable bonds is 6. The minimum absolute atomic E-state index is 0.0473. The van der Waals surface area contributed by atoms with E-state index in [1.807, 2.05) is 24.3 Å². The first kappa shape index (κ1) is 17.7. The summed E-state index contributed by atoms with van der Waals surface area (Å²) in [6.45, 7) is -0.562. The Labute approximate surface area is 146 Å².